The van der Waals surface area contributed by atoms with Gasteiger partial charge in [0.05, 0.1) is 0 Å². The summed E-state index contributed by atoms with van der Waals surface area (Å²) in [5, 5.41) is 8.95. The van der Waals surface area contributed by atoms with Crippen LogP contribution in [-0.2, 0) is 0 Å². The van der Waals surface area contributed by atoms with Gasteiger partial charge in [0.15, 0.2) is 12.1 Å². The molecule has 1 aromatic rings. The second-order valence-electron chi connectivity index (χ2n) is 5.25. The summed E-state index contributed by atoms with van der Waals surface area (Å²) in [6, 6.07) is 0. The molecule has 0 saturated heterocycles. The summed E-state index contributed by atoms with van der Waals surface area (Å²) < 4.78 is 5.23. The first-order valence-corrected chi connectivity index (χ1v) is 4.97. The molecule has 0 aromatic carbocycles. The van der Waals surface area contributed by atoms with Crippen LogP contribution in [0.2, 0.25) is 0 Å². The molecule has 1 aliphatic carbocycles. The molecule has 1 saturated carbocycles. The van der Waals surface area contributed by atoms with Gasteiger partial charge in [0.2, 0.25) is 0 Å². The molecule has 0 bridgehead atoms. The lowest BCUT2D eigenvalue weighted by Gasteiger charge is -2.03. The van der Waals surface area contributed by atoms with Crippen molar-refractivity contribution in [3.8, 4) is 0 Å². The smallest absolute Gasteiger partial charge is 0.358 e. The van der Waals surface area contributed by atoms with Crippen LogP contribution >= 0.6 is 0 Å². The summed E-state index contributed by atoms with van der Waals surface area (Å²) in [5.74, 6) is -0.367. The van der Waals surface area contributed by atoms with Gasteiger partial charge in [-0.05, 0) is 10.8 Å². The SMILES string of the molecule is CC1(C)C(c2ocnc2C(=O)O)C1(C)C. The molecule has 1 aliphatic rings. The molecule has 15 heavy (non-hydrogen) atoms. The lowest BCUT2D eigenvalue weighted by molar-refractivity contribution is 0.0688. The maximum absolute atomic E-state index is 10.9. The summed E-state index contributed by atoms with van der Waals surface area (Å²) in [7, 11) is 0. The van der Waals surface area contributed by atoms with E-state index in [4.69, 9.17) is 9.52 Å². The summed E-state index contributed by atoms with van der Waals surface area (Å²) in [4.78, 5) is 14.7. The molecule has 0 unspecified atom stereocenters. The van der Waals surface area contributed by atoms with Crippen LogP contribution < -0.4 is 0 Å². The number of aromatic carboxylic acids is 1. The quantitative estimate of drug-likeness (QED) is 0.812. The van der Waals surface area contributed by atoms with Gasteiger partial charge in [-0.1, -0.05) is 27.7 Å². The van der Waals surface area contributed by atoms with Gasteiger partial charge < -0.3 is 9.52 Å². The van der Waals surface area contributed by atoms with Crippen molar-refractivity contribution in [2.24, 2.45) is 10.8 Å². The summed E-state index contributed by atoms with van der Waals surface area (Å²) in [6.45, 7) is 8.47. The third kappa shape index (κ3) is 1.14. The molecule has 0 radical (unpaired) electrons. The first-order valence-electron chi connectivity index (χ1n) is 4.97. The highest BCUT2D eigenvalue weighted by atomic mass is 16.4. The van der Waals surface area contributed by atoms with Crippen LogP contribution in [0.3, 0.4) is 0 Å². The Kier molecular flexibility index (Phi) is 1.78. The van der Waals surface area contributed by atoms with Crippen molar-refractivity contribution in [1.82, 2.24) is 4.98 Å². The number of nitrogens with zero attached hydrogens (tertiary/aromatic N) is 1. The number of oxazole rings is 1. The lowest BCUT2D eigenvalue weighted by Crippen LogP contribution is -2.02. The number of carboxylic acids is 1. The predicted molar refractivity (Wildman–Crippen MR) is 53.8 cm³/mol. The molecule has 4 heteroatoms. The van der Waals surface area contributed by atoms with Crippen molar-refractivity contribution in [2.75, 3.05) is 0 Å². The third-order valence-corrected chi connectivity index (χ3v) is 4.08. The maximum atomic E-state index is 10.9. The fraction of sp³-hybridized carbons (Fsp3) is 0.636. The Balaban J connectivity index is 2.42. The Morgan fingerprint density at radius 1 is 1.40 bits per heavy atom. The molecule has 82 valence electrons. The van der Waals surface area contributed by atoms with E-state index in [1.807, 2.05) is 0 Å². The van der Waals surface area contributed by atoms with E-state index in [0.717, 1.165) is 0 Å². The first-order chi connectivity index (χ1) is 6.80. The zero-order valence-corrected chi connectivity index (χ0v) is 9.37. The van der Waals surface area contributed by atoms with Gasteiger partial charge in [0.1, 0.15) is 5.76 Å². The van der Waals surface area contributed by atoms with E-state index in [1.165, 1.54) is 6.39 Å². The van der Waals surface area contributed by atoms with Crippen molar-refractivity contribution in [3.63, 3.8) is 0 Å². The molecule has 1 fully saturated rings. The molecule has 4 nitrogen and oxygen atoms in total. The summed E-state index contributed by atoms with van der Waals surface area (Å²) in [6.07, 6.45) is 1.21. The van der Waals surface area contributed by atoms with Gasteiger partial charge >= 0.3 is 5.97 Å². The van der Waals surface area contributed by atoms with E-state index < -0.39 is 5.97 Å². The van der Waals surface area contributed by atoms with Crippen LogP contribution in [0.4, 0.5) is 0 Å². The first kappa shape index (κ1) is 10.2. The Morgan fingerprint density at radius 3 is 2.33 bits per heavy atom. The van der Waals surface area contributed by atoms with Gasteiger partial charge in [0, 0.05) is 5.92 Å². The Bertz CT molecular complexity index is 403. The lowest BCUT2D eigenvalue weighted by atomic mass is 10.0. The molecule has 0 spiro atoms. The second-order valence-corrected chi connectivity index (χ2v) is 5.25. The highest BCUT2D eigenvalue weighted by molar-refractivity contribution is 5.86. The van der Waals surface area contributed by atoms with E-state index >= 15 is 0 Å². The van der Waals surface area contributed by atoms with Crippen molar-refractivity contribution in [1.29, 1.82) is 0 Å². The molecule has 0 atom stereocenters. The zero-order chi connectivity index (χ0) is 11.4. The number of hydrogen-bond acceptors (Lipinski definition) is 3. The van der Waals surface area contributed by atoms with E-state index in [9.17, 15) is 4.79 Å². The molecule has 1 heterocycles. The predicted octanol–water partition coefficient (Wildman–Crippen LogP) is 2.52. The average Bonchev–Trinajstić information content (AvgIpc) is 2.51. The minimum atomic E-state index is -1.02. The van der Waals surface area contributed by atoms with Gasteiger partial charge in [-0.3, -0.25) is 0 Å². The van der Waals surface area contributed by atoms with Crippen molar-refractivity contribution in [2.45, 2.75) is 33.6 Å². The van der Waals surface area contributed by atoms with Crippen LogP contribution in [0.1, 0.15) is 49.9 Å². The fourth-order valence-corrected chi connectivity index (χ4v) is 2.47. The van der Waals surface area contributed by atoms with Crippen LogP contribution in [-0.4, -0.2) is 16.1 Å². The van der Waals surface area contributed by atoms with Crippen LogP contribution in [0, 0.1) is 10.8 Å². The molecule has 0 aliphatic heterocycles. The topological polar surface area (TPSA) is 63.3 Å². The van der Waals surface area contributed by atoms with Crippen molar-refractivity contribution in [3.05, 3.63) is 17.8 Å². The molecule has 1 aromatic heterocycles. The van der Waals surface area contributed by atoms with Gasteiger partial charge in [-0.2, -0.15) is 0 Å². The number of hydrogen-bond donors (Lipinski definition) is 1. The number of rotatable bonds is 2. The van der Waals surface area contributed by atoms with Crippen LogP contribution in [0.5, 0.6) is 0 Å². The Hall–Kier alpha value is -1.32. The fourth-order valence-electron chi connectivity index (χ4n) is 2.47. The van der Waals surface area contributed by atoms with Gasteiger partial charge in [-0.15, -0.1) is 0 Å². The highest BCUT2D eigenvalue weighted by Crippen LogP contribution is 2.73. The van der Waals surface area contributed by atoms with Gasteiger partial charge in [-0.25, -0.2) is 9.78 Å². The highest BCUT2D eigenvalue weighted by Gasteiger charge is 2.67. The Labute approximate surface area is 88.3 Å². The van der Waals surface area contributed by atoms with E-state index in [0.29, 0.717) is 5.76 Å². The molecule has 0 amide bonds. The third-order valence-electron chi connectivity index (χ3n) is 4.08. The average molecular weight is 209 g/mol. The molecule has 2 rings (SSSR count). The molecular formula is C11H15NO3. The van der Waals surface area contributed by atoms with Crippen molar-refractivity contribution < 1.29 is 14.3 Å². The summed E-state index contributed by atoms with van der Waals surface area (Å²) in [5.41, 5.74) is 0.187. The second kappa shape index (κ2) is 2.62. The van der Waals surface area contributed by atoms with E-state index in [1.54, 1.807) is 0 Å². The van der Waals surface area contributed by atoms with Crippen LogP contribution in [0.15, 0.2) is 10.8 Å². The van der Waals surface area contributed by atoms with Crippen molar-refractivity contribution >= 4 is 5.97 Å². The maximum Gasteiger partial charge on any atom is 0.358 e. The van der Waals surface area contributed by atoms with Gasteiger partial charge in [0.25, 0.3) is 0 Å². The standard InChI is InChI=1S/C11H15NO3/c1-10(2)8(11(10,3)4)7-6(9(13)14)12-5-15-7/h5,8H,1-4H3,(H,13,14). The van der Waals surface area contributed by atoms with E-state index in [-0.39, 0.29) is 22.4 Å². The molecule has 1 N–H and O–H groups in total. The monoisotopic (exact) mass is 209 g/mol. The van der Waals surface area contributed by atoms with Crippen LogP contribution in [0.25, 0.3) is 0 Å². The normalized spacial score (nSPS) is 22.7. The number of carbonyl (C=O) groups is 1. The molecular weight excluding hydrogens is 194 g/mol. The Morgan fingerprint density at radius 2 is 1.93 bits per heavy atom. The van der Waals surface area contributed by atoms with E-state index in [2.05, 4.69) is 32.7 Å². The largest absolute Gasteiger partial charge is 0.476 e. The zero-order valence-electron chi connectivity index (χ0n) is 9.37. The minimum absolute atomic E-state index is 0.0543. The number of carboxylic acid groups (broad SMARTS) is 1. The number of aromatic nitrogens is 1. The summed E-state index contributed by atoms with van der Waals surface area (Å²) >= 11 is 0. The minimum Gasteiger partial charge on any atom is -0.476 e.